The summed E-state index contributed by atoms with van der Waals surface area (Å²) in [6.07, 6.45) is 2.29. The largest absolute Gasteiger partial charge is 0.321 e. The fourth-order valence-corrected chi connectivity index (χ4v) is 6.42. The minimum absolute atomic E-state index is 0.0275. The predicted octanol–water partition coefficient (Wildman–Crippen LogP) is 8.95. The molecule has 0 saturated heterocycles. The highest BCUT2D eigenvalue weighted by Crippen LogP contribution is 2.37. The molecule has 0 fully saturated rings. The lowest BCUT2D eigenvalue weighted by molar-refractivity contribution is -0.113. The number of fused-ring (bicyclic) bond motifs is 3. The minimum Gasteiger partial charge on any atom is -0.321 e. The highest BCUT2D eigenvalue weighted by atomic mass is 35.5. The number of hydrogen-bond donors (Lipinski definition) is 2. The van der Waals surface area contributed by atoms with Crippen molar-refractivity contribution < 1.29 is 14.4 Å². The van der Waals surface area contributed by atoms with Crippen molar-refractivity contribution in [2.45, 2.75) is 11.3 Å². The van der Waals surface area contributed by atoms with Crippen LogP contribution in [0.3, 0.4) is 0 Å². The molecule has 0 aromatic heterocycles. The zero-order chi connectivity index (χ0) is 31.3. The van der Waals surface area contributed by atoms with Gasteiger partial charge in [0.05, 0.1) is 5.75 Å². The second-order valence-electron chi connectivity index (χ2n) is 10.4. The van der Waals surface area contributed by atoms with Crippen LogP contribution in [0.4, 0.5) is 5.69 Å². The van der Waals surface area contributed by atoms with Crippen molar-refractivity contribution in [2.75, 3.05) is 11.1 Å². The van der Waals surface area contributed by atoms with Gasteiger partial charge in [0.15, 0.2) is 5.78 Å². The van der Waals surface area contributed by atoms with E-state index in [-0.39, 0.29) is 17.2 Å². The van der Waals surface area contributed by atoms with E-state index in [0.717, 1.165) is 11.3 Å². The fourth-order valence-electron chi connectivity index (χ4n) is 5.12. The maximum atomic E-state index is 13.4. The van der Waals surface area contributed by atoms with E-state index in [9.17, 15) is 14.4 Å². The maximum Gasteiger partial charge on any atom is 0.272 e. The number of hydrogen-bond acceptors (Lipinski definition) is 4. The molecule has 0 atom stereocenters. The number of halogens is 2. The molecule has 0 aliphatic heterocycles. The lowest BCUT2D eigenvalue weighted by Gasteiger charge is -2.13. The van der Waals surface area contributed by atoms with Gasteiger partial charge in [-0.1, -0.05) is 83.9 Å². The van der Waals surface area contributed by atoms with Gasteiger partial charge < -0.3 is 10.6 Å². The van der Waals surface area contributed by atoms with Crippen LogP contribution in [-0.2, 0) is 11.2 Å². The van der Waals surface area contributed by atoms with Gasteiger partial charge in [-0.15, -0.1) is 11.8 Å². The van der Waals surface area contributed by atoms with Gasteiger partial charge >= 0.3 is 0 Å². The number of Topliss-reactive ketones (excluding diaryl/α,β-unsaturated/α-hetero) is 1. The number of amides is 2. The van der Waals surface area contributed by atoms with Crippen molar-refractivity contribution in [2.24, 2.45) is 0 Å². The van der Waals surface area contributed by atoms with Crippen molar-refractivity contribution in [1.29, 1.82) is 0 Å². The molecule has 0 unspecified atom stereocenters. The highest BCUT2D eigenvalue weighted by molar-refractivity contribution is 8.00. The molecule has 5 aromatic rings. The maximum absolute atomic E-state index is 13.4. The Balaban J connectivity index is 1.12. The smallest absolute Gasteiger partial charge is 0.272 e. The Morgan fingerprint density at radius 3 is 2.16 bits per heavy atom. The number of rotatable bonds is 9. The van der Waals surface area contributed by atoms with E-state index in [4.69, 9.17) is 23.2 Å². The fraction of sp³-hybridized carbons (Fsp3) is 0.0541. The van der Waals surface area contributed by atoms with Crippen LogP contribution in [0.1, 0.15) is 37.4 Å². The van der Waals surface area contributed by atoms with Crippen LogP contribution in [0.5, 0.6) is 0 Å². The van der Waals surface area contributed by atoms with E-state index < -0.39 is 11.8 Å². The average molecular weight is 650 g/mol. The van der Waals surface area contributed by atoms with Gasteiger partial charge in [-0.3, -0.25) is 14.4 Å². The molecule has 5 aromatic carbocycles. The van der Waals surface area contributed by atoms with E-state index in [0.29, 0.717) is 32.4 Å². The van der Waals surface area contributed by atoms with Gasteiger partial charge in [0.2, 0.25) is 0 Å². The van der Waals surface area contributed by atoms with Gasteiger partial charge in [-0.2, -0.15) is 0 Å². The molecular formula is C37H26Cl2N2O3S. The third kappa shape index (κ3) is 7.04. The molecule has 0 radical (unpaired) electrons. The number of carbonyl (C=O) groups excluding carboxylic acids is 3. The lowest BCUT2D eigenvalue weighted by atomic mass is 10.0. The summed E-state index contributed by atoms with van der Waals surface area (Å²) in [5.74, 6) is -0.665. The summed E-state index contributed by atoms with van der Waals surface area (Å²) in [6.45, 7) is 0. The average Bonchev–Trinajstić information content (AvgIpc) is 3.43. The third-order valence-electron chi connectivity index (χ3n) is 7.41. The molecule has 6 rings (SSSR count). The first-order valence-electron chi connectivity index (χ1n) is 14.2. The number of thioether (sulfide) groups is 1. The van der Waals surface area contributed by atoms with Crippen molar-refractivity contribution in [3.05, 3.63) is 159 Å². The molecule has 1 aliphatic rings. The molecular weight excluding hydrogens is 623 g/mol. The van der Waals surface area contributed by atoms with Crippen LogP contribution in [0, 0.1) is 0 Å². The van der Waals surface area contributed by atoms with E-state index in [1.807, 2.05) is 42.5 Å². The molecule has 45 heavy (non-hydrogen) atoms. The minimum atomic E-state index is -0.551. The Labute approximate surface area is 275 Å². The first kappa shape index (κ1) is 30.4. The van der Waals surface area contributed by atoms with Gasteiger partial charge in [0.25, 0.3) is 11.8 Å². The standard InChI is InChI=1S/C37H26Cl2N2O3S/c38-32-11-6-12-33(39)31(32)21-34(41-36(43)23-7-2-1-3-8-23)37(44)40-27-14-16-28(17-15-27)45-22-35(42)25-13-18-30-26(20-25)19-24-9-4-5-10-29(24)30/h1-18,20-21H,19,22H2,(H,40,44)(H,41,43)/b34-21-. The summed E-state index contributed by atoms with van der Waals surface area (Å²) in [5.41, 5.74) is 6.88. The van der Waals surface area contributed by atoms with Gasteiger partial charge in [-0.25, -0.2) is 0 Å². The third-order valence-corrected chi connectivity index (χ3v) is 9.09. The Morgan fingerprint density at radius 2 is 1.40 bits per heavy atom. The number of nitrogens with one attached hydrogen (secondary N) is 2. The SMILES string of the molecule is O=C(Nc1ccc(SCC(=O)c2ccc3c(c2)Cc2ccccc2-3)cc1)/C(=C/c1c(Cl)cccc1Cl)NC(=O)c1ccccc1. The van der Waals surface area contributed by atoms with E-state index in [2.05, 4.69) is 22.8 Å². The number of anilines is 1. The quantitative estimate of drug-likeness (QED) is 0.0932. The molecule has 1 aliphatic carbocycles. The second-order valence-corrected chi connectivity index (χ2v) is 12.3. The molecule has 0 spiro atoms. The normalized spacial score (nSPS) is 11.8. The van der Waals surface area contributed by atoms with E-state index in [1.165, 1.54) is 40.1 Å². The summed E-state index contributed by atoms with van der Waals surface area (Å²) in [5, 5.41) is 6.18. The second kappa shape index (κ2) is 13.6. The van der Waals surface area contributed by atoms with Gasteiger partial charge in [-0.05, 0) is 89.3 Å². The topological polar surface area (TPSA) is 75.3 Å². The molecule has 0 bridgehead atoms. The molecule has 2 amide bonds. The molecule has 0 saturated carbocycles. The summed E-state index contributed by atoms with van der Waals surface area (Å²) < 4.78 is 0. The highest BCUT2D eigenvalue weighted by Gasteiger charge is 2.20. The zero-order valence-corrected chi connectivity index (χ0v) is 26.2. The summed E-state index contributed by atoms with van der Waals surface area (Å²) >= 11 is 14.1. The molecule has 222 valence electrons. The van der Waals surface area contributed by atoms with Crippen LogP contribution in [0.25, 0.3) is 17.2 Å². The van der Waals surface area contributed by atoms with Crippen molar-refractivity contribution >= 4 is 64.3 Å². The van der Waals surface area contributed by atoms with Crippen LogP contribution in [-0.4, -0.2) is 23.4 Å². The zero-order valence-electron chi connectivity index (χ0n) is 23.9. The first-order valence-corrected chi connectivity index (χ1v) is 15.9. The van der Waals surface area contributed by atoms with Gasteiger partial charge in [0.1, 0.15) is 5.70 Å². The molecule has 2 N–H and O–H groups in total. The van der Waals surface area contributed by atoms with Gasteiger partial charge in [0, 0.05) is 37.3 Å². The van der Waals surface area contributed by atoms with Crippen LogP contribution in [0.2, 0.25) is 10.0 Å². The number of ketones is 1. The number of carbonyl (C=O) groups is 3. The Bertz CT molecular complexity index is 1940. The summed E-state index contributed by atoms with van der Waals surface area (Å²) in [4.78, 5) is 40.2. The van der Waals surface area contributed by atoms with Crippen molar-refractivity contribution in [3.63, 3.8) is 0 Å². The summed E-state index contributed by atoms with van der Waals surface area (Å²) in [6, 6.07) is 35.0. The van der Waals surface area contributed by atoms with Crippen LogP contribution in [0.15, 0.2) is 126 Å². The van der Waals surface area contributed by atoms with E-state index >= 15 is 0 Å². The molecule has 8 heteroatoms. The molecule has 5 nitrogen and oxygen atoms in total. The predicted molar refractivity (Wildman–Crippen MR) is 183 cm³/mol. The monoisotopic (exact) mass is 648 g/mol. The Kier molecular flexibility index (Phi) is 9.17. The van der Waals surface area contributed by atoms with Crippen molar-refractivity contribution in [1.82, 2.24) is 5.32 Å². The first-order chi connectivity index (χ1) is 21.9. The Hall–Kier alpha value is -4.62. The van der Waals surface area contributed by atoms with E-state index in [1.54, 1.807) is 60.7 Å². The molecule has 0 heterocycles. The lowest BCUT2D eigenvalue weighted by Crippen LogP contribution is -2.30. The van der Waals surface area contributed by atoms with Crippen LogP contribution >= 0.6 is 35.0 Å². The van der Waals surface area contributed by atoms with Crippen molar-refractivity contribution in [3.8, 4) is 11.1 Å². The Morgan fingerprint density at radius 1 is 0.711 bits per heavy atom. The summed E-state index contributed by atoms with van der Waals surface area (Å²) in [7, 11) is 0. The number of benzene rings is 5. The van der Waals surface area contributed by atoms with Crippen LogP contribution < -0.4 is 10.6 Å².